The first-order chi connectivity index (χ1) is 10.5. The number of pyridine rings is 1. The van der Waals surface area contributed by atoms with Crippen LogP contribution in [0.5, 0.6) is 0 Å². The fourth-order valence-corrected chi connectivity index (χ4v) is 3.06. The Hall–Kier alpha value is -2.43. The lowest BCUT2D eigenvalue weighted by molar-refractivity contribution is 0.0690. The van der Waals surface area contributed by atoms with Crippen LogP contribution in [-0.2, 0) is 6.42 Å². The van der Waals surface area contributed by atoms with Crippen molar-refractivity contribution in [2.75, 3.05) is 11.4 Å². The third kappa shape index (κ3) is 2.54. The van der Waals surface area contributed by atoms with Gasteiger partial charge in [-0.2, -0.15) is 0 Å². The Morgan fingerprint density at radius 2 is 2.14 bits per heavy atom. The topological polar surface area (TPSA) is 53.4 Å². The zero-order chi connectivity index (χ0) is 15.9. The molecule has 1 aliphatic heterocycles. The van der Waals surface area contributed by atoms with Gasteiger partial charge in [-0.1, -0.05) is 0 Å². The summed E-state index contributed by atoms with van der Waals surface area (Å²) in [7, 11) is 0. The Morgan fingerprint density at radius 3 is 2.82 bits per heavy atom. The highest BCUT2D eigenvalue weighted by molar-refractivity contribution is 5.85. The summed E-state index contributed by atoms with van der Waals surface area (Å²) < 4.78 is 13.6. The van der Waals surface area contributed by atoms with E-state index in [1.54, 1.807) is 12.3 Å². The molecule has 0 saturated carbocycles. The zero-order valence-corrected chi connectivity index (χ0v) is 12.5. The number of hydrogen-bond donors (Lipinski definition) is 1. The minimum Gasteiger partial charge on any atom is -0.477 e. The van der Waals surface area contributed by atoms with Crippen LogP contribution in [-0.4, -0.2) is 22.6 Å². The van der Waals surface area contributed by atoms with Crippen LogP contribution in [0.4, 0.5) is 10.1 Å². The van der Waals surface area contributed by atoms with Gasteiger partial charge in [0.05, 0.1) is 6.04 Å². The van der Waals surface area contributed by atoms with E-state index in [0.29, 0.717) is 0 Å². The van der Waals surface area contributed by atoms with Gasteiger partial charge in [-0.15, -0.1) is 0 Å². The van der Waals surface area contributed by atoms with Crippen LogP contribution in [0, 0.1) is 12.7 Å². The molecule has 1 unspecified atom stereocenters. The van der Waals surface area contributed by atoms with E-state index in [2.05, 4.69) is 9.88 Å². The molecule has 4 nitrogen and oxygen atoms in total. The number of carboxylic acids is 1. The third-order valence-corrected chi connectivity index (χ3v) is 4.14. The molecule has 0 radical (unpaired) electrons. The Labute approximate surface area is 128 Å². The molecule has 0 aliphatic carbocycles. The van der Waals surface area contributed by atoms with Crippen molar-refractivity contribution in [2.45, 2.75) is 26.3 Å². The van der Waals surface area contributed by atoms with Crippen LogP contribution >= 0.6 is 0 Å². The quantitative estimate of drug-likeness (QED) is 0.924. The van der Waals surface area contributed by atoms with Gasteiger partial charge in [0.2, 0.25) is 0 Å². The number of halogens is 1. The maximum absolute atomic E-state index is 13.6. The average Bonchev–Trinajstić information content (AvgIpc) is 2.46. The Kier molecular flexibility index (Phi) is 3.56. The lowest BCUT2D eigenvalue weighted by atomic mass is 9.94. The largest absolute Gasteiger partial charge is 0.477 e. The first-order valence-corrected chi connectivity index (χ1v) is 7.21. The second-order valence-corrected chi connectivity index (χ2v) is 5.68. The van der Waals surface area contributed by atoms with E-state index in [9.17, 15) is 9.18 Å². The Morgan fingerprint density at radius 1 is 1.36 bits per heavy atom. The summed E-state index contributed by atoms with van der Waals surface area (Å²) in [5, 5.41) is 9.03. The highest BCUT2D eigenvalue weighted by Gasteiger charge is 2.25. The summed E-state index contributed by atoms with van der Waals surface area (Å²) >= 11 is 0. The lowest BCUT2D eigenvalue weighted by Gasteiger charge is -2.37. The van der Waals surface area contributed by atoms with E-state index in [1.165, 1.54) is 12.1 Å². The van der Waals surface area contributed by atoms with E-state index >= 15 is 0 Å². The number of rotatable bonds is 2. The monoisotopic (exact) mass is 300 g/mol. The van der Waals surface area contributed by atoms with Crippen LogP contribution < -0.4 is 4.90 Å². The number of hydrogen-bond acceptors (Lipinski definition) is 3. The van der Waals surface area contributed by atoms with Gasteiger partial charge in [0.25, 0.3) is 0 Å². The van der Waals surface area contributed by atoms with Crippen LogP contribution in [0.25, 0.3) is 0 Å². The van der Waals surface area contributed by atoms with E-state index in [0.717, 1.165) is 35.3 Å². The number of aromatic carboxylic acids is 1. The molecule has 0 amide bonds. The number of aryl methyl sites for hydroxylation is 1. The standard InChI is InChI=1S/C17H17FN2O2/c1-10-5-13(18)8-14(6-10)20-4-3-12-7-16(17(21)22)19-9-15(12)11(20)2/h5-9,11H,3-4H2,1-2H3,(H,21,22). The van der Waals surface area contributed by atoms with Crippen LogP contribution in [0.3, 0.4) is 0 Å². The van der Waals surface area contributed by atoms with Crippen molar-refractivity contribution in [3.05, 3.63) is 58.7 Å². The number of carboxylic acid groups (broad SMARTS) is 1. The summed E-state index contributed by atoms with van der Waals surface area (Å²) in [5.41, 5.74) is 3.80. The fourth-order valence-electron chi connectivity index (χ4n) is 3.06. The molecule has 114 valence electrons. The molecule has 22 heavy (non-hydrogen) atoms. The highest BCUT2D eigenvalue weighted by atomic mass is 19.1. The normalized spacial score (nSPS) is 17.2. The highest BCUT2D eigenvalue weighted by Crippen LogP contribution is 2.34. The first kappa shape index (κ1) is 14.5. The molecular formula is C17H17FN2O2. The lowest BCUT2D eigenvalue weighted by Crippen LogP contribution is -2.34. The van der Waals surface area contributed by atoms with E-state index in [1.807, 2.05) is 19.9 Å². The second kappa shape index (κ2) is 5.40. The van der Waals surface area contributed by atoms with Crippen molar-refractivity contribution in [3.63, 3.8) is 0 Å². The van der Waals surface area contributed by atoms with Gasteiger partial charge in [-0.3, -0.25) is 0 Å². The van der Waals surface area contributed by atoms with Gasteiger partial charge in [-0.05, 0) is 61.2 Å². The molecule has 5 heteroatoms. The molecule has 1 atom stereocenters. The van der Waals surface area contributed by atoms with Crippen LogP contribution in [0.2, 0.25) is 0 Å². The summed E-state index contributed by atoms with van der Waals surface area (Å²) in [5.74, 6) is -1.26. The second-order valence-electron chi connectivity index (χ2n) is 5.68. The number of fused-ring (bicyclic) bond motifs is 1. The molecule has 2 aromatic rings. The Balaban J connectivity index is 1.97. The minimum atomic E-state index is -1.02. The van der Waals surface area contributed by atoms with Crippen molar-refractivity contribution in [1.29, 1.82) is 0 Å². The van der Waals surface area contributed by atoms with Gasteiger partial charge in [-0.25, -0.2) is 14.2 Å². The predicted octanol–water partition coefficient (Wildman–Crippen LogP) is 3.35. The van der Waals surface area contributed by atoms with Crippen LogP contribution in [0.1, 0.15) is 40.1 Å². The molecule has 0 bridgehead atoms. The fraction of sp³-hybridized carbons (Fsp3) is 0.294. The molecule has 3 rings (SSSR count). The molecule has 0 spiro atoms. The van der Waals surface area contributed by atoms with Crippen molar-refractivity contribution in [3.8, 4) is 0 Å². The van der Waals surface area contributed by atoms with Gasteiger partial charge in [0.1, 0.15) is 11.5 Å². The predicted molar refractivity (Wildman–Crippen MR) is 81.8 cm³/mol. The number of benzene rings is 1. The summed E-state index contributed by atoms with van der Waals surface area (Å²) in [6.45, 7) is 4.62. The van der Waals surface area contributed by atoms with Gasteiger partial charge in [0.15, 0.2) is 0 Å². The SMILES string of the molecule is Cc1cc(F)cc(N2CCc3cc(C(=O)O)ncc3C2C)c1. The first-order valence-electron chi connectivity index (χ1n) is 7.21. The summed E-state index contributed by atoms with van der Waals surface area (Å²) in [6.07, 6.45) is 2.35. The third-order valence-electron chi connectivity index (χ3n) is 4.14. The molecule has 2 heterocycles. The average molecular weight is 300 g/mol. The van der Waals surface area contributed by atoms with E-state index in [-0.39, 0.29) is 17.6 Å². The van der Waals surface area contributed by atoms with Crippen molar-refractivity contribution < 1.29 is 14.3 Å². The van der Waals surface area contributed by atoms with Crippen molar-refractivity contribution >= 4 is 11.7 Å². The minimum absolute atomic E-state index is 0.0281. The molecular weight excluding hydrogens is 283 g/mol. The van der Waals surface area contributed by atoms with Gasteiger partial charge < -0.3 is 10.0 Å². The van der Waals surface area contributed by atoms with E-state index < -0.39 is 5.97 Å². The number of anilines is 1. The number of nitrogens with zero attached hydrogens (tertiary/aromatic N) is 2. The van der Waals surface area contributed by atoms with E-state index in [4.69, 9.17) is 5.11 Å². The van der Waals surface area contributed by atoms with Gasteiger partial charge in [0, 0.05) is 18.4 Å². The Bertz CT molecular complexity index is 725. The molecule has 0 saturated heterocycles. The van der Waals surface area contributed by atoms with Crippen molar-refractivity contribution in [2.24, 2.45) is 0 Å². The van der Waals surface area contributed by atoms with Crippen LogP contribution in [0.15, 0.2) is 30.5 Å². The maximum atomic E-state index is 13.6. The zero-order valence-electron chi connectivity index (χ0n) is 12.5. The molecule has 0 fully saturated rings. The molecule has 1 N–H and O–H groups in total. The molecule has 1 aromatic carbocycles. The summed E-state index contributed by atoms with van der Waals surface area (Å²) in [4.78, 5) is 17.1. The number of aromatic nitrogens is 1. The summed E-state index contributed by atoms with van der Waals surface area (Å²) in [6, 6.07) is 6.67. The van der Waals surface area contributed by atoms with Crippen molar-refractivity contribution in [1.82, 2.24) is 4.98 Å². The molecule has 1 aliphatic rings. The molecule has 1 aromatic heterocycles. The number of carbonyl (C=O) groups is 1. The van der Waals surface area contributed by atoms with Gasteiger partial charge >= 0.3 is 5.97 Å². The smallest absolute Gasteiger partial charge is 0.354 e. The maximum Gasteiger partial charge on any atom is 0.354 e.